The monoisotopic (exact) mass is 243 g/mol. The molecule has 2 heterocycles. The Morgan fingerprint density at radius 3 is 2.81 bits per heavy atom. The number of likely N-dealkylation sites (tertiary alicyclic amines) is 1. The largest absolute Gasteiger partial charge is 0.448 e. The van der Waals surface area contributed by atoms with Gasteiger partial charge in [-0.05, 0) is 50.5 Å². The Kier molecular flexibility index (Phi) is 3.29. The van der Waals surface area contributed by atoms with Gasteiger partial charge < -0.3 is 9.52 Å². The van der Waals surface area contributed by atoms with Gasteiger partial charge in [0.05, 0.1) is 12.1 Å². The molecule has 1 aromatic heterocycles. The highest BCUT2D eigenvalue weighted by Crippen LogP contribution is 2.28. The molecular formula is C12H18ClNO2. The number of nitrogens with zero attached hydrogens (tertiary/aromatic N) is 1. The van der Waals surface area contributed by atoms with Crippen LogP contribution in [0.2, 0.25) is 5.22 Å². The number of hydrogen-bond donors (Lipinski definition) is 1. The van der Waals surface area contributed by atoms with E-state index in [1.807, 2.05) is 19.9 Å². The molecule has 0 saturated carbocycles. The lowest BCUT2D eigenvalue weighted by Crippen LogP contribution is -2.33. The summed E-state index contributed by atoms with van der Waals surface area (Å²) < 4.78 is 5.33. The Balaban J connectivity index is 1.90. The number of furan rings is 1. The normalized spacial score (nSPS) is 22.9. The maximum atomic E-state index is 9.93. The standard InChI is InChI=1S/C12H18ClNO2/c1-12(2,15)9-5-6-14(7-9)8-10-3-4-11(13)16-10/h3-4,9,15H,5-8H2,1-2H3/t9-/m1/s1. The van der Waals surface area contributed by atoms with Crippen LogP contribution < -0.4 is 0 Å². The molecule has 90 valence electrons. The predicted molar refractivity (Wildman–Crippen MR) is 63.4 cm³/mol. The van der Waals surface area contributed by atoms with Crippen LogP contribution in [0, 0.1) is 5.92 Å². The molecular weight excluding hydrogens is 226 g/mol. The van der Waals surface area contributed by atoms with Crippen LogP contribution in [-0.4, -0.2) is 28.7 Å². The van der Waals surface area contributed by atoms with E-state index in [-0.39, 0.29) is 0 Å². The third-order valence-electron chi connectivity index (χ3n) is 3.28. The molecule has 3 nitrogen and oxygen atoms in total. The zero-order chi connectivity index (χ0) is 11.8. The predicted octanol–water partition coefficient (Wildman–Crippen LogP) is 2.53. The average Bonchev–Trinajstić information content (AvgIpc) is 2.74. The molecule has 1 fully saturated rings. The molecule has 1 atom stereocenters. The van der Waals surface area contributed by atoms with Gasteiger partial charge in [-0.2, -0.15) is 0 Å². The number of aliphatic hydroxyl groups is 1. The minimum atomic E-state index is -0.588. The molecule has 0 aliphatic carbocycles. The summed E-state index contributed by atoms with van der Waals surface area (Å²) in [5.41, 5.74) is -0.588. The fourth-order valence-corrected chi connectivity index (χ4v) is 2.37. The first kappa shape index (κ1) is 12.0. The van der Waals surface area contributed by atoms with Gasteiger partial charge in [-0.1, -0.05) is 0 Å². The van der Waals surface area contributed by atoms with E-state index < -0.39 is 5.60 Å². The topological polar surface area (TPSA) is 36.6 Å². The summed E-state index contributed by atoms with van der Waals surface area (Å²) >= 11 is 5.72. The summed E-state index contributed by atoms with van der Waals surface area (Å²) in [6.07, 6.45) is 1.04. The first-order chi connectivity index (χ1) is 7.45. The fraction of sp³-hybridized carbons (Fsp3) is 0.667. The van der Waals surface area contributed by atoms with E-state index in [4.69, 9.17) is 16.0 Å². The fourth-order valence-electron chi connectivity index (χ4n) is 2.21. The zero-order valence-electron chi connectivity index (χ0n) is 9.74. The molecule has 0 unspecified atom stereocenters. The lowest BCUT2D eigenvalue weighted by molar-refractivity contribution is 0.0205. The summed E-state index contributed by atoms with van der Waals surface area (Å²) in [5.74, 6) is 1.24. The first-order valence-electron chi connectivity index (χ1n) is 5.64. The SMILES string of the molecule is CC(C)(O)[C@@H]1CCN(Cc2ccc(Cl)o2)C1. The van der Waals surface area contributed by atoms with Crippen molar-refractivity contribution in [3.05, 3.63) is 23.1 Å². The summed E-state index contributed by atoms with van der Waals surface area (Å²) in [6, 6.07) is 3.67. The van der Waals surface area contributed by atoms with Crippen molar-refractivity contribution in [2.75, 3.05) is 13.1 Å². The number of halogens is 1. The van der Waals surface area contributed by atoms with E-state index in [1.165, 1.54) is 0 Å². The molecule has 0 radical (unpaired) electrons. The molecule has 0 aromatic carbocycles. The maximum Gasteiger partial charge on any atom is 0.193 e. The van der Waals surface area contributed by atoms with Crippen molar-refractivity contribution in [1.29, 1.82) is 0 Å². The highest BCUT2D eigenvalue weighted by atomic mass is 35.5. The molecule has 1 saturated heterocycles. The molecule has 1 aliphatic heterocycles. The highest BCUT2D eigenvalue weighted by Gasteiger charge is 2.33. The van der Waals surface area contributed by atoms with Crippen LogP contribution in [0.25, 0.3) is 0 Å². The van der Waals surface area contributed by atoms with Crippen molar-refractivity contribution in [3.63, 3.8) is 0 Å². The summed E-state index contributed by atoms with van der Waals surface area (Å²) in [6.45, 7) is 6.46. The number of rotatable bonds is 3. The maximum absolute atomic E-state index is 9.93. The van der Waals surface area contributed by atoms with Gasteiger partial charge in [0.2, 0.25) is 0 Å². The molecule has 0 spiro atoms. The van der Waals surface area contributed by atoms with E-state index in [2.05, 4.69) is 4.90 Å². The minimum absolute atomic E-state index is 0.345. The van der Waals surface area contributed by atoms with Crippen molar-refractivity contribution in [3.8, 4) is 0 Å². The molecule has 1 N–H and O–H groups in total. The second-order valence-electron chi connectivity index (χ2n) is 5.08. The summed E-state index contributed by atoms with van der Waals surface area (Å²) in [5, 5.41) is 10.4. The van der Waals surface area contributed by atoms with E-state index in [0.29, 0.717) is 11.1 Å². The third kappa shape index (κ3) is 2.78. The summed E-state index contributed by atoms with van der Waals surface area (Å²) in [4.78, 5) is 2.29. The van der Waals surface area contributed by atoms with Crippen molar-refractivity contribution in [2.45, 2.75) is 32.4 Å². The van der Waals surface area contributed by atoms with Gasteiger partial charge in [0, 0.05) is 12.5 Å². The Hall–Kier alpha value is -0.510. The van der Waals surface area contributed by atoms with Crippen molar-refractivity contribution >= 4 is 11.6 Å². The van der Waals surface area contributed by atoms with Crippen LogP contribution in [0.15, 0.2) is 16.5 Å². The molecule has 2 rings (SSSR count). The van der Waals surface area contributed by atoms with Crippen LogP contribution >= 0.6 is 11.6 Å². The van der Waals surface area contributed by atoms with E-state index in [9.17, 15) is 5.11 Å². The van der Waals surface area contributed by atoms with Crippen molar-refractivity contribution in [2.24, 2.45) is 5.92 Å². The molecule has 0 bridgehead atoms. The summed E-state index contributed by atoms with van der Waals surface area (Å²) in [7, 11) is 0. The second-order valence-corrected chi connectivity index (χ2v) is 5.45. The van der Waals surface area contributed by atoms with Gasteiger partial charge in [0.1, 0.15) is 5.76 Å². The van der Waals surface area contributed by atoms with Gasteiger partial charge >= 0.3 is 0 Å². The molecule has 1 aliphatic rings. The first-order valence-corrected chi connectivity index (χ1v) is 6.02. The van der Waals surface area contributed by atoms with Crippen LogP contribution in [0.3, 0.4) is 0 Å². The highest BCUT2D eigenvalue weighted by molar-refractivity contribution is 6.28. The molecule has 1 aromatic rings. The average molecular weight is 244 g/mol. The van der Waals surface area contributed by atoms with Crippen molar-refractivity contribution < 1.29 is 9.52 Å². The zero-order valence-corrected chi connectivity index (χ0v) is 10.5. The van der Waals surface area contributed by atoms with Gasteiger partial charge in [-0.3, -0.25) is 4.90 Å². The Morgan fingerprint density at radius 2 is 2.31 bits per heavy atom. The van der Waals surface area contributed by atoms with Gasteiger partial charge in [0.25, 0.3) is 0 Å². The van der Waals surface area contributed by atoms with Gasteiger partial charge in [-0.15, -0.1) is 0 Å². The Labute approximate surface area is 101 Å². The van der Waals surface area contributed by atoms with Gasteiger partial charge in [-0.25, -0.2) is 0 Å². The Morgan fingerprint density at radius 1 is 1.56 bits per heavy atom. The van der Waals surface area contributed by atoms with Crippen LogP contribution in [0.1, 0.15) is 26.0 Å². The van der Waals surface area contributed by atoms with Gasteiger partial charge in [0.15, 0.2) is 5.22 Å². The minimum Gasteiger partial charge on any atom is -0.448 e. The lowest BCUT2D eigenvalue weighted by atomic mass is 9.90. The number of hydrogen-bond acceptors (Lipinski definition) is 3. The molecule has 4 heteroatoms. The Bertz CT molecular complexity index is 356. The van der Waals surface area contributed by atoms with Crippen LogP contribution in [-0.2, 0) is 6.54 Å². The van der Waals surface area contributed by atoms with E-state index in [0.717, 1.165) is 31.8 Å². The van der Waals surface area contributed by atoms with E-state index >= 15 is 0 Å². The lowest BCUT2D eigenvalue weighted by Gasteiger charge is -2.25. The molecule has 0 amide bonds. The quantitative estimate of drug-likeness (QED) is 0.886. The molecule has 16 heavy (non-hydrogen) atoms. The van der Waals surface area contributed by atoms with Crippen LogP contribution in [0.4, 0.5) is 0 Å². The second kappa shape index (κ2) is 4.40. The van der Waals surface area contributed by atoms with Crippen molar-refractivity contribution in [1.82, 2.24) is 4.90 Å². The third-order valence-corrected chi connectivity index (χ3v) is 3.48. The van der Waals surface area contributed by atoms with Crippen LogP contribution in [0.5, 0.6) is 0 Å². The van der Waals surface area contributed by atoms with E-state index in [1.54, 1.807) is 6.07 Å². The smallest absolute Gasteiger partial charge is 0.193 e.